The molecule has 2 aliphatic carbocycles. The minimum atomic E-state index is -0.336. The summed E-state index contributed by atoms with van der Waals surface area (Å²) in [6, 6.07) is 12.1. The van der Waals surface area contributed by atoms with Crippen molar-refractivity contribution in [1.29, 1.82) is 5.26 Å². The highest BCUT2D eigenvalue weighted by molar-refractivity contribution is 5.94. The van der Waals surface area contributed by atoms with Crippen LogP contribution in [-0.2, 0) is 0 Å². The molecule has 33 heavy (non-hydrogen) atoms. The quantitative estimate of drug-likeness (QED) is 0.589. The average molecular weight is 443 g/mol. The van der Waals surface area contributed by atoms with Crippen LogP contribution in [0.15, 0.2) is 48.8 Å². The van der Waals surface area contributed by atoms with Gasteiger partial charge in [-0.3, -0.25) is 9.78 Å². The maximum absolute atomic E-state index is 13.9. The molecule has 2 heterocycles. The van der Waals surface area contributed by atoms with Gasteiger partial charge in [0.05, 0.1) is 11.1 Å². The Morgan fingerprint density at radius 2 is 1.85 bits per heavy atom. The van der Waals surface area contributed by atoms with E-state index in [0.717, 1.165) is 36.6 Å². The molecule has 2 saturated carbocycles. The second-order valence-corrected chi connectivity index (χ2v) is 10.1. The van der Waals surface area contributed by atoms with Gasteiger partial charge in [-0.25, -0.2) is 9.37 Å². The van der Waals surface area contributed by atoms with Gasteiger partial charge in [-0.1, -0.05) is 0 Å². The van der Waals surface area contributed by atoms with E-state index in [-0.39, 0.29) is 17.3 Å². The van der Waals surface area contributed by atoms with Gasteiger partial charge in [-0.15, -0.1) is 0 Å². The fourth-order valence-corrected chi connectivity index (χ4v) is 6.02. The Kier molecular flexibility index (Phi) is 5.36. The largest absolute Gasteiger partial charge is 0.347 e. The summed E-state index contributed by atoms with van der Waals surface area (Å²) in [5.74, 6) is 1.68. The number of pyridine rings is 2. The summed E-state index contributed by atoms with van der Waals surface area (Å²) in [4.78, 5) is 21.2. The zero-order valence-electron chi connectivity index (χ0n) is 18.9. The number of amides is 1. The molecule has 6 heteroatoms. The lowest BCUT2D eigenvalue weighted by molar-refractivity contribution is 0.0877. The molecule has 0 saturated heterocycles. The number of halogens is 1. The molecule has 3 aromatic rings. The zero-order chi connectivity index (χ0) is 23.2. The summed E-state index contributed by atoms with van der Waals surface area (Å²) in [7, 11) is 0. The van der Waals surface area contributed by atoms with E-state index in [2.05, 4.69) is 35.2 Å². The molecule has 2 aromatic heterocycles. The van der Waals surface area contributed by atoms with E-state index in [0.29, 0.717) is 34.9 Å². The van der Waals surface area contributed by atoms with E-state index < -0.39 is 0 Å². The van der Waals surface area contributed by atoms with Gasteiger partial charge in [0, 0.05) is 23.3 Å². The summed E-state index contributed by atoms with van der Waals surface area (Å²) >= 11 is 0. The monoisotopic (exact) mass is 442 g/mol. The molecule has 1 N–H and O–H groups in total. The maximum atomic E-state index is 13.9. The van der Waals surface area contributed by atoms with Crippen LogP contribution in [0.5, 0.6) is 0 Å². The lowest BCUT2D eigenvalue weighted by Crippen LogP contribution is -2.48. The number of hydrogen-bond acceptors (Lipinski definition) is 4. The Morgan fingerprint density at radius 1 is 1.09 bits per heavy atom. The predicted molar refractivity (Wildman–Crippen MR) is 124 cm³/mol. The first-order chi connectivity index (χ1) is 15.8. The first-order valence-corrected chi connectivity index (χ1v) is 11.6. The van der Waals surface area contributed by atoms with E-state index in [1.165, 1.54) is 17.8 Å². The normalized spacial score (nSPS) is 24.4. The second-order valence-electron chi connectivity index (χ2n) is 10.1. The van der Waals surface area contributed by atoms with Crippen molar-refractivity contribution < 1.29 is 9.18 Å². The van der Waals surface area contributed by atoms with E-state index in [1.54, 1.807) is 24.3 Å². The summed E-state index contributed by atoms with van der Waals surface area (Å²) in [6.07, 6.45) is 7.65. The van der Waals surface area contributed by atoms with Crippen LogP contribution in [0.25, 0.3) is 10.9 Å². The topological polar surface area (TPSA) is 78.7 Å². The minimum Gasteiger partial charge on any atom is -0.347 e. The lowest BCUT2D eigenvalue weighted by atomic mass is 9.82. The smallest absolute Gasteiger partial charge is 0.253 e. The van der Waals surface area contributed by atoms with E-state index in [4.69, 9.17) is 5.26 Å². The Labute approximate surface area is 193 Å². The standard InChI is InChI=1S/C27H27FN4O/c1-27(2,32-26(33)16-3-5-22(14-29)31-15-16)20-11-17-9-19(10-18(17)12-20)23-7-8-30-25-6-4-21(28)13-24(23)25/h3-8,13,15,17-20H,9-12H2,1-2H3,(H,32,33)/t17-,18+,19-,20+. The van der Waals surface area contributed by atoms with Gasteiger partial charge >= 0.3 is 0 Å². The number of fused-ring (bicyclic) bond motifs is 2. The Balaban J connectivity index is 1.26. The molecule has 4 atom stereocenters. The molecule has 5 rings (SSSR count). The number of aromatic nitrogens is 2. The number of benzene rings is 1. The molecule has 0 unspecified atom stereocenters. The van der Waals surface area contributed by atoms with Gasteiger partial charge in [0.2, 0.25) is 0 Å². The van der Waals surface area contributed by atoms with E-state index in [1.807, 2.05) is 12.3 Å². The lowest BCUT2D eigenvalue weighted by Gasteiger charge is -2.34. The zero-order valence-corrected chi connectivity index (χ0v) is 18.9. The number of hydrogen-bond donors (Lipinski definition) is 1. The number of nitrogens with one attached hydrogen (secondary N) is 1. The van der Waals surface area contributed by atoms with Crippen LogP contribution in [0.2, 0.25) is 0 Å². The molecule has 1 amide bonds. The summed E-state index contributed by atoms with van der Waals surface area (Å²) in [5, 5.41) is 13.0. The fraction of sp³-hybridized carbons (Fsp3) is 0.407. The Hall–Kier alpha value is -3.33. The number of carbonyl (C=O) groups excluding carboxylic acids is 1. The molecule has 0 spiro atoms. The maximum Gasteiger partial charge on any atom is 0.253 e. The molecule has 1 aromatic carbocycles. The highest BCUT2D eigenvalue weighted by Gasteiger charge is 2.47. The van der Waals surface area contributed by atoms with Crippen LogP contribution in [0.4, 0.5) is 4.39 Å². The van der Waals surface area contributed by atoms with Gasteiger partial charge in [0.15, 0.2) is 0 Å². The molecule has 168 valence electrons. The van der Waals surface area contributed by atoms with Gasteiger partial charge in [0.25, 0.3) is 5.91 Å². The molecule has 5 nitrogen and oxygen atoms in total. The van der Waals surface area contributed by atoms with Crippen molar-refractivity contribution in [2.24, 2.45) is 17.8 Å². The van der Waals surface area contributed by atoms with Crippen molar-refractivity contribution in [2.75, 3.05) is 0 Å². The highest BCUT2D eigenvalue weighted by atomic mass is 19.1. The third kappa shape index (κ3) is 4.08. The SMILES string of the molecule is CC(C)(NC(=O)c1ccc(C#N)nc1)[C@H]1C[C@H]2C[C@@H](c3ccnc4ccc(F)cc34)C[C@H]2C1. The van der Waals surface area contributed by atoms with Crippen LogP contribution in [0.3, 0.4) is 0 Å². The fourth-order valence-electron chi connectivity index (χ4n) is 6.02. The first kappa shape index (κ1) is 21.5. The van der Waals surface area contributed by atoms with Crippen LogP contribution in [0, 0.1) is 34.9 Å². The van der Waals surface area contributed by atoms with Crippen molar-refractivity contribution in [2.45, 2.75) is 51.0 Å². The predicted octanol–water partition coefficient (Wildman–Crippen LogP) is 5.37. The van der Waals surface area contributed by atoms with Crippen molar-refractivity contribution >= 4 is 16.8 Å². The van der Waals surface area contributed by atoms with Crippen LogP contribution < -0.4 is 5.32 Å². The summed E-state index contributed by atoms with van der Waals surface area (Å²) < 4.78 is 13.9. The van der Waals surface area contributed by atoms with Crippen LogP contribution >= 0.6 is 0 Å². The average Bonchev–Trinajstić information content (AvgIpc) is 3.38. The molecular weight excluding hydrogens is 415 g/mol. The van der Waals surface area contributed by atoms with Gasteiger partial charge < -0.3 is 5.32 Å². The third-order valence-electron chi connectivity index (χ3n) is 7.79. The Bertz CT molecular complexity index is 1230. The second kappa shape index (κ2) is 8.22. The summed E-state index contributed by atoms with van der Waals surface area (Å²) in [5.41, 5.74) is 2.50. The highest BCUT2D eigenvalue weighted by Crippen LogP contribution is 2.55. The Morgan fingerprint density at radius 3 is 2.52 bits per heavy atom. The van der Waals surface area contributed by atoms with Crippen LogP contribution in [-0.4, -0.2) is 21.4 Å². The van der Waals surface area contributed by atoms with Gasteiger partial charge in [-0.05, 0) is 105 Å². The number of nitriles is 1. The first-order valence-electron chi connectivity index (χ1n) is 11.6. The van der Waals surface area contributed by atoms with Crippen molar-refractivity contribution in [3.63, 3.8) is 0 Å². The van der Waals surface area contributed by atoms with E-state index in [9.17, 15) is 9.18 Å². The molecule has 0 bridgehead atoms. The number of rotatable bonds is 4. The third-order valence-corrected chi connectivity index (χ3v) is 7.79. The minimum absolute atomic E-state index is 0.155. The van der Waals surface area contributed by atoms with Gasteiger partial charge in [-0.2, -0.15) is 5.26 Å². The molecule has 0 aliphatic heterocycles. The van der Waals surface area contributed by atoms with Crippen molar-refractivity contribution in [3.05, 3.63) is 71.4 Å². The molecule has 2 fully saturated rings. The van der Waals surface area contributed by atoms with E-state index >= 15 is 0 Å². The number of carbonyl (C=O) groups is 1. The molecule has 2 aliphatic rings. The van der Waals surface area contributed by atoms with Crippen LogP contribution in [0.1, 0.15) is 67.1 Å². The summed E-state index contributed by atoms with van der Waals surface area (Å²) in [6.45, 7) is 4.20. The van der Waals surface area contributed by atoms with Crippen molar-refractivity contribution in [1.82, 2.24) is 15.3 Å². The van der Waals surface area contributed by atoms with Crippen molar-refractivity contribution in [3.8, 4) is 6.07 Å². The molecular formula is C27H27FN4O. The van der Waals surface area contributed by atoms with Gasteiger partial charge in [0.1, 0.15) is 17.6 Å². The molecule has 0 radical (unpaired) electrons. The number of nitrogens with zero attached hydrogens (tertiary/aromatic N) is 3.